The molecule has 0 radical (unpaired) electrons. The van der Waals surface area contributed by atoms with Crippen molar-refractivity contribution in [3.8, 4) is 5.75 Å². The van der Waals surface area contributed by atoms with Crippen molar-refractivity contribution in [2.24, 2.45) is 0 Å². The smallest absolute Gasteiger partial charge is 0.229 e. The number of hydrogen-bond acceptors (Lipinski definition) is 8. The average Bonchev–Trinajstić information content (AvgIpc) is 2.82. The zero-order valence-electron chi connectivity index (χ0n) is 17.9. The van der Waals surface area contributed by atoms with Gasteiger partial charge in [-0.25, -0.2) is 9.37 Å². The number of ether oxygens (including phenoxy) is 1. The fraction of sp³-hybridized carbons (Fsp3) is 0.304. The van der Waals surface area contributed by atoms with Gasteiger partial charge in [0.1, 0.15) is 12.4 Å². The first kappa shape index (κ1) is 20.3. The van der Waals surface area contributed by atoms with Gasteiger partial charge in [-0.15, -0.1) is 0 Å². The molecule has 0 amide bonds. The van der Waals surface area contributed by atoms with Gasteiger partial charge in [-0.05, 0) is 43.4 Å². The van der Waals surface area contributed by atoms with Crippen molar-refractivity contribution in [3.05, 3.63) is 54.5 Å². The van der Waals surface area contributed by atoms with Crippen LogP contribution in [-0.2, 0) is 0 Å². The third-order valence-corrected chi connectivity index (χ3v) is 5.63. The van der Waals surface area contributed by atoms with Gasteiger partial charge < -0.3 is 30.5 Å². The van der Waals surface area contributed by atoms with Crippen LogP contribution in [0.5, 0.6) is 5.75 Å². The highest BCUT2D eigenvalue weighted by Crippen LogP contribution is 2.31. The Balaban J connectivity index is 1.31. The molecule has 9 heteroatoms. The van der Waals surface area contributed by atoms with E-state index in [9.17, 15) is 4.39 Å². The van der Waals surface area contributed by atoms with Crippen LogP contribution in [0.15, 0.2) is 48.7 Å². The fourth-order valence-corrected chi connectivity index (χ4v) is 3.84. The molecule has 2 aromatic carbocycles. The van der Waals surface area contributed by atoms with Crippen LogP contribution in [0.1, 0.15) is 0 Å². The van der Waals surface area contributed by atoms with E-state index in [4.69, 9.17) is 4.74 Å². The Hall–Kier alpha value is -3.59. The van der Waals surface area contributed by atoms with E-state index in [0.29, 0.717) is 18.2 Å². The molecule has 1 aromatic heterocycles. The third-order valence-electron chi connectivity index (χ3n) is 5.63. The van der Waals surface area contributed by atoms with Crippen LogP contribution in [-0.4, -0.2) is 61.2 Å². The molecule has 1 fully saturated rings. The van der Waals surface area contributed by atoms with Gasteiger partial charge in [-0.3, -0.25) is 0 Å². The van der Waals surface area contributed by atoms with Crippen LogP contribution in [0.4, 0.5) is 38.9 Å². The second-order valence-corrected chi connectivity index (χ2v) is 7.97. The number of nitrogens with one attached hydrogen (secondary N) is 3. The van der Waals surface area contributed by atoms with Crippen molar-refractivity contribution >= 4 is 34.5 Å². The van der Waals surface area contributed by atoms with Crippen LogP contribution in [0, 0.1) is 5.82 Å². The highest BCUT2D eigenvalue weighted by atomic mass is 19.1. The van der Waals surface area contributed by atoms with Crippen molar-refractivity contribution < 1.29 is 9.13 Å². The minimum absolute atomic E-state index is 0.106. The molecule has 0 bridgehead atoms. The van der Waals surface area contributed by atoms with E-state index < -0.39 is 5.82 Å². The van der Waals surface area contributed by atoms with Crippen molar-refractivity contribution in [1.82, 2.24) is 14.9 Å². The van der Waals surface area contributed by atoms with Crippen molar-refractivity contribution in [3.63, 3.8) is 0 Å². The van der Waals surface area contributed by atoms with E-state index in [1.54, 1.807) is 0 Å². The molecule has 0 unspecified atom stereocenters. The number of piperazine rings is 1. The molecular formula is C23H26FN7O. The SMILES string of the molecule is CN1CCN(c2cccc(Nc3ncc(F)c(Nc4ccc5c(c4)NCCO5)n3)c2)CC1. The highest BCUT2D eigenvalue weighted by molar-refractivity contribution is 5.69. The predicted molar refractivity (Wildman–Crippen MR) is 125 cm³/mol. The first-order valence-corrected chi connectivity index (χ1v) is 10.7. The number of rotatable bonds is 5. The third kappa shape index (κ3) is 4.52. The molecule has 0 aliphatic carbocycles. The molecule has 3 heterocycles. The molecule has 3 aromatic rings. The summed E-state index contributed by atoms with van der Waals surface area (Å²) in [6, 6.07) is 13.7. The Labute approximate surface area is 186 Å². The number of anilines is 6. The molecule has 0 atom stereocenters. The predicted octanol–water partition coefficient (Wildman–Crippen LogP) is 3.66. The van der Waals surface area contributed by atoms with Crippen LogP contribution >= 0.6 is 0 Å². The maximum Gasteiger partial charge on any atom is 0.229 e. The maximum atomic E-state index is 14.4. The molecule has 2 aliphatic rings. The lowest BCUT2D eigenvalue weighted by molar-refractivity contribution is 0.313. The van der Waals surface area contributed by atoms with E-state index in [2.05, 4.69) is 54.9 Å². The summed E-state index contributed by atoms with van der Waals surface area (Å²) in [5.41, 5.74) is 3.58. The zero-order valence-corrected chi connectivity index (χ0v) is 17.9. The molecule has 8 nitrogen and oxygen atoms in total. The van der Waals surface area contributed by atoms with Crippen LogP contribution in [0.3, 0.4) is 0 Å². The van der Waals surface area contributed by atoms with Crippen LogP contribution in [0.2, 0.25) is 0 Å². The molecule has 2 aliphatic heterocycles. The van der Waals surface area contributed by atoms with Crippen molar-refractivity contribution in [2.45, 2.75) is 0 Å². The molecule has 0 spiro atoms. The van der Waals surface area contributed by atoms with E-state index in [-0.39, 0.29) is 5.82 Å². The second-order valence-electron chi connectivity index (χ2n) is 7.97. The normalized spacial score (nSPS) is 16.0. The van der Waals surface area contributed by atoms with Gasteiger partial charge in [0.25, 0.3) is 0 Å². The number of hydrogen-bond donors (Lipinski definition) is 3. The van der Waals surface area contributed by atoms with Crippen molar-refractivity contribution in [2.75, 3.05) is 67.2 Å². The van der Waals surface area contributed by atoms with Crippen LogP contribution in [0.25, 0.3) is 0 Å². The number of halogens is 1. The Morgan fingerprint density at radius 2 is 1.88 bits per heavy atom. The molecule has 166 valence electrons. The quantitative estimate of drug-likeness (QED) is 0.561. The Morgan fingerprint density at radius 3 is 2.75 bits per heavy atom. The summed E-state index contributed by atoms with van der Waals surface area (Å²) >= 11 is 0. The number of likely N-dealkylation sites (N-methyl/N-ethyl adjacent to an activating group) is 1. The Bertz CT molecular complexity index is 1100. The lowest BCUT2D eigenvalue weighted by Crippen LogP contribution is -2.44. The minimum Gasteiger partial charge on any atom is -0.490 e. The molecular weight excluding hydrogens is 409 g/mol. The molecule has 5 rings (SSSR count). The monoisotopic (exact) mass is 435 g/mol. The minimum atomic E-state index is -0.524. The van der Waals surface area contributed by atoms with Gasteiger partial charge in [0.05, 0.1) is 11.9 Å². The van der Waals surface area contributed by atoms with Gasteiger partial charge >= 0.3 is 0 Å². The summed E-state index contributed by atoms with van der Waals surface area (Å²) in [6.45, 7) is 5.42. The zero-order chi connectivity index (χ0) is 21.9. The lowest BCUT2D eigenvalue weighted by atomic mass is 10.2. The summed E-state index contributed by atoms with van der Waals surface area (Å²) in [5.74, 6) is 0.689. The second kappa shape index (κ2) is 8.88. The average molecular weight is 436 g/mol. The highest BCUT2D eigenvalue weighted by Gasteiger charge is 2.15. The molecule has 0 saturated carbocycles. The standard InChI is InChI=1S/C23H26FN7O/c1-30-8-10-31(11-9-30)18-4-2-3-16(13-18)28-23-26-15-19(24)22(29-23)27-17-5-6-21-20(14-17)25-7-12-32-21/h2-6,13-15,25H,7-12H2,1H3,(H2,26,27,28,29). The molecule has 1 saturated heterocycles. The van der Waals surface area contributed by atoms with E-state index >= 15 is 0 Å². The van der Waals surface area contributed by atoms with Gasteiger partial charge in [0.2, 0.25) is 5.95 Å². The maximum absolute atomic E-state index is 14.4. The van der Waals surface area contributed by atoms with Gasteiger partial charge in [0.15, 0.2) is 11.6 Å². The first-order valence-electron chi connectivity index (χ1n) is 10.7. The summed E-state index contributed by atoms with van der Waals surface area (Å²) in [7, 11) is 2.14. The van der Waals surface area contributed by atoms with E-state index in [1.165, 1.54) is 6.20 Å². The van der Waals surface area contributed by atoms with E-state index in [0.717, 1.165) is 55.5 Å². The summed E-state index contributed by atoms with van der Waals surface area (Å²) in [5, 5.41) is 9.51. The Morgan fingerprint density at radius 1 is 1.03 bits per heavy atom. The molecule has 3 N–H and O–H groups in total. The number of benzene rings is 2. The Kier molecular flexibility index (Phi) is 5.64. The summed E-state index contributed by atoms with van der Waals surface area (Å²) in [4.78, 5) is 13.1. The lowest BCUT2D eigenvalue weighted by Gasteiger charge is -2.34. The van der Waals surface area contributed by atoms with Gasteiger partial charge in [-0.2, -0.15) is 4.98 Å². The van der Waals surface area contributed by atoms with Crippen LogP contribution < -0.4 is 25.6 Å². The topological polar surface area (TPSA) is 77.6 Å². The largest absolute Gasteiger partial charge is 0.490 e. The summed E-state index contributed by atoms with van der Waals surface area (Å²) < 4.78 is 20.0. The number of nitrogens with zero attached hydrogens (tertiary/aromatic N) is 4. The van der Waals surface area contributed by atoms with E-state index in [1.807, 2.05) is 30.3 Å². The van der Waals surface area contributed by atoms with Gasteiger partial charge in [0, 0.05) is 49.8 Å². The number of aromatic nitrogens is 2. The first-order chi connectivity index (χ1) is 15.6. The number of fused-ring (bicyclic) bond motifs is 1. The summed E-state index contributed by atoms with van der Waals surface area (Å²) in [6.07, 6.45) is 1.17. The van der Waals surface area contributed by atoms with Crippen molar-refractivity contribution in [1.29, 1.82) is 0 Å². The van der Waals surface area contributed by atoms with Gasteiger partial charge in [-0.1, -0.05) is 6.07 Å². The fourth-order valence-electron chi connectivity index (χ4n) is 3.84. The molecule has 32 heavy (non-hydrogen) atoms.